The zero-order chi connectivity index (χ0) is 25.8. The van der Waals surface area contributed by atoms with E-state index in [4.69, 9.17) is 20.6 Å². The molecule has 9 heteroatoms. The molecule has 0 unspecified atom stereocenters. The molecule has 7 nitrogen and oxygen atoms in total. The summed E-state index contributed by atoms with van der Waals surface area (Å²) in [5.74, 6) is 2.89. The second-order valence-electron chi connectivity index (χ2n) is 7.74. The fourth-order valence-corrected chi connectivity index (χ4v) is 5.59. The lowest BCUT2D eigenvalue weighted by molar-refractivity contribution is -0.139. The van der Waals surface area contributed by atoms with Crippen molar-refractivity contribution in [2.24, 2.45) is 4.99 Å². The first-order valence-corrected chi connectivity index (χ1v) is 12.7. The molecular weight excluding hydrogens is 544 g/mol. The number of carbonyl (C=O) groups excluding carboxylic acids is 1. The van der Waals surface area contributed by atoms with Crippen LogP contribution in [0.2, 0.25) is 0 Å². The van der Waals surface area contributed by atoms with Crippen LogP contribution in [0.15, 0.2) is 68.0 Å². The number of terminal acetylenes is 1. The maximum atomic E-state index is 13.7. The van der Waals surface area contributed by atoms with Crippen molar-refractivity contribution in [3.05, 3.63) is 89.0 Å². The highest BCUT2D eigenvalue weighted by Gasteiger charge is 2.33. The molecule has 36 heavy (non-hydrogen) atoms. The van der Waals surface area contributed by atoms with E-state index >= 15 is 0 Å². The summed E-state index contributed by atoms with van der Waals surface area (Å²) in [5.41, 5.74) is 2.12. The van der Waals surface area contributed by atoms with Gasteiger partial charge >= 0.3 is 5.97 Å². The fourth-order valence-electron chi connectivity index (χ4n) is 3.97. The summed E-state index contributed by atoms with van der Waals surface area (Å²) < 4.78 is 19.0. The lowest BCUT2D eigenvalue weighted by atomic mass is 9.96. The van der Waals surface area contributed by atoms with Gasteiger partial charge in [-0.25, -0.2) is 9.79 Å². The Morgan fingerprint density at radius 3 is 2.72 bits per heavy atom. The fraction of sp³-hybridized carbons (Fsp3) is 0.222. The molecule has 1 atom stereocenters. The summed E-state index contributed by atoms with van der Waals surface area (Å²) in [6.45, 7) is 3.82. The number of ether oxygens (including phenoxy) is 3. The van der Waals surface area contributed by atoms with Gasteiger partial charge in [-0.2, -0.15) is 0 Å². The lowest BCUT2D eigenvalue weighted by Crippen LogP contribution is -2.39. The second-order valence-corrected chi connectivity index (χ2v) is 9.60. The van der Waals surface area contributed by atoms with Crippen LogP contribution in [-0.4, -0.2) is 30.9 Å². The molecule has 2 aromatic carbocycles. The molecular formula is C27H23BrN2O5S. The van der Waals surface area contributed by atoms with Gasteiger partial charge in [0.1, 0.15) is 6.61 Å². The Kier molecular flexibility index (Phi) is 7.77. The number of halogens is 1. The van der Waals surface area contributed by atoms with Gasteiger partial charge < -0.3 is 14.2 Å². The predicted octanol–water partition coefficient (Wildman–Crippen LogP) is 3.58. The van der Waals surface area contributed by atoms with Crippen LogP contribution in [0.25, 0.3) is 6.08 Å². The van der Waals surface area contributed by atoms with Crippen LogP contribution >= 0.6 is 27.3 Å². The molecule has 3 aromatic rings. The van der Waals surface area contributed by atoms with E-state index in [0.717, 1.165) is 11.1 Å². The Morgan fingerprint density at radius 2 is 2.06 bits per heavy atom. The van der Waals surface area contributed by atoms with Crippen molar-refractivity contribution in [3.8, 4) is 23.8 Å². The van der Waals surface area contributed by atoms with E-state index in [1.165, 1.54) is 18.4 Å². The molecule has 184 valence electrons. The number of allylic oxidation sites excluding steroid dienone is 1. The van der Waals surface area contributed by atoms with E-state index in [9.17, 15) is 9.59 Å². The average molecular weight is 567 g/mol. The Bertz CT molecular complexity index is 1560. The minimum Gasteiger partial charge on any atom is -0.493 e. The first-order valence-electron chi connectivity index (χ1n) is 11.1. The van der Waals surface area contributed by atoms with Gasteiger partial charge in [-0.1, -0.05) is 47.6 Å². The number of nitrogens with zero attached hydrogens (tertiary/aromatic N) is 2. The van der Waals surface area contributed by atoms with Crippen molar-refractivity contribution in [1.82, 2.24) is 4.57 Å². The first kappa shape index (κ1) is 25.5. The van der Waals surface area contributed by atoms with Crippen molar-refractivity contribution in [2.75, 3.05) is 20.3 Å². The smallest absolute Gasteiger partial charge is 0.338 e. The van der Waals surface area contributed by atoms with Crippen LogP contribution in [0.4, 0.5) is 0 Å². The van der Waals surface area contributed by atoms with Crippen molar-refractivity contribution < 1.29 is 19.0 Å². The Morgan fingerprint density at radius 1 is 1.31 bits per heavy atom. The monoisotopic (exact) mass is 566 g/mol. The number of hydrogen-bond acceptors (Lipinski definition) is 7. The lowest BCUT2D eigenvalue weighted by Gasteiger charge is -2.24. The number of fused-ring (bicyclic) bond motifs is 1. The molecule has 0 amide bonds. The van der Waals surface area contributed by atoms with Crippen molar-refractivity contribution in [1.29, 1.82) is 0 Å². The number of benzene rings is 2. The zero-order valence-electron chi connectivity index (χ0n) is 19.9. The maximum Gasteiger partial charge on any atom is 0.338 e. The minimum absolute atomic E-state index is 0.0918. The molecule has 0 bridgehead atoms. The van der Waals surface area contributed by atoms with Crippen LogP contribution < -0.4 is 24.4 Å². The third-order valence-corrected chi connectivity index (χ3v) is 7.05. The third-order valence-electron chi connectivity index (χ3n) is 5.48. The summed E-state index contributed by atoms with van der Waals surface area (Å²) in [5, 5.41) is 0. The average Bonchev–Trinajstić information content (AvgIpc) is 3.17. The van der Waals surface area contributed by atoms with E-state index in [1.807, 2.05) is 36.4 Å². The highest BCUT2D eigenvalue weighted by Crippen LogP contribution is 2.37. The Labute approximate surface area is 220 Å². The quantitative estimate of drug-likeness (QED) is 0.322. The summed E-state index contributed by atoms with van der Waals surface area (Å²) in [4.78, 5) is 31.7. The molecule has 4 rings (SSSR count). The zero-order valence-corrected chi connectivity index (χ0v) is 22.3. The van der Waals surface area contributed by atoms with E-state index in [2.05, 4.69) is 26.8 Å². The molecule has 1 aliphatic heterocycles. The maximum absolute atomic E-state index is 13.7. The third kappa shape index (κ3) is 4.87. The molecule has 0 radical (unpaired) electrons. The molecule has 0 saturated carbocycles. The summed E-state index contributed by atoms with van der Waals surface area (Å²) in [6.07, 6.45) is 7.07. The topological polar surface area (TPSA) is 79.1 Å². The highest BCUT2D eigenvalue weighted by atomic mass is 79.9. The largest absolute Gasteiger partial charge is 0.493 e. The molecule has 0 fully saturated rings. The predicted molar refractivity (Wildman–Crippen MR) is 142 cm³/mol. The van der Waals surface area contributed by atoms with Gasteiger partial charge in [0.2, 0.25) is 0 Å². The molecule has 0 N–H and O–H groups in total. The number of rotatable bonds is 7. The SMILES string of the molecule is C#CCOc1c(Br)cc(/C=c2\sc3n(c2=O)[C@H](c2ccccc2)C(C(=O)OCC)=C(C)N=3)cc1OC. The number of methoxy groups -OCH3 is 1. The molecule has 1 aromatic heterocycles. The first-order chi connectivity index (χ1) is 17.4. The van der Waals surface area contributed by atoms with Gasteiger partial charge in [0.05, 0.1) is 40.0 Å². The summed E-state index contributed by atoms with van der Waals surface area (Å²) in [6, 6.07) is 12.3. The van der Waals surface area contributed by atoms with E-state index in [0.29, 0.717) is 36.6 Å². The van der Waals surface area contributed by atoms with Gasteiger partial charge in [-0.15, -0.1) is 6.42 Å². The van der Waals surface area contributed by atoms with Crippen molar-refractivity contribution >= 4 is 39.3 Å². The van der Waals surface area contributed by atoms with E-state index in [1.54, 1.807) is 30.6 Å². The summed E-state index contributed by atoms with van der Waals surface area (Å²) in [7, 11) is 1.53. The minimum atomic E-state index is -0.649. The highest BCUT2D eigenvalue weighted by molar-refractivity contribution is 9.10. The number of thiazole rings is 1. The second kappa shape index (κ2) is 11.0. The molecule has 0 saturated heterocycles. The number of carbonyl (C=O) groups is 1. The van der Waals surface area contributed by atoms with Crippen LogP contribution in [0.5, 0.6) is 11.5 Å². The normalized spacial score (nSPS) is 15.1. The Hall–Kier alpha value is -3.61. The van der Waals surface area contributed by atoms with Gasteiger partial charge in [0.25, 0.3) is 5.56 Å². The number of esters is 1. The number of aromatic nitrogens is 1. The standard InChI is InChI=1S/C27H23BrN2O5S/c1-5-12-35-24-19(28)13-17(14-20(24)33-4)15-21-25(31)30-23(18-10-8-7-9-11-18)22(26(32)34-6-2)16(3)29-27(30)36-21/h1,7-11,13-15,23H,6,12H2,2-4H3/b21-15-/t23-/m1/s1. The van der Waals surface area contributed by atoms with Crippen LogP contribution in [-0.2, 0) is 9.53 Å². The number of hydrogen-bond donors (Lipinski definition) is 0. The van der Waals surface area contributed by atoms with Gasteiger partial charge in [-0.05, 0) is 59.1 Å². The van der Waals surface area contributed by atoms with Gasteiger partial charge in [0.15, 0.2) is 16.3 Å². The van der Waals surface area contributed by atoms with Crippen LogP contribution in [0.1, 0.15) is 31.0 Å². The molecule has 0 aliphatic carbocycles. The Balaban J connectivity index is 1.89. The van der Waals surface area contributed by atoms with Crippen molar-refractivity contribution in [3.63, 3.8) is 0 Å². The van der Waals surface area contributed by atoms with Crippen LogP contribution in [0.3, 0.4) is 0 Å². The van der Waals surface area contributed by atoms with Gasteiger partial charge in [-0.3, -0.25) is 9.36 Å². The molecule has 2 heterocycles. The molecule has 0 spiro atoms. The molecule has 1 aliphatic rings. The van der Waals surface area contributed by atoms with E-state index < -0.39 is 12.0 Å². The summed E-state index contributed by atoms with van der Waals surface area (Å²) >= 11 is 4.75. The van der Waals surface area contributed by atoms with Gasteiger partial charge in [0, 0.05) is 0 Å². The van der Waals surface area contributed by atoms with Crippen LogP contribution in [0, 0.1) is 12.3 Å². The van der Waals surface area contributed by atoms with Crippen molar-refractivity contribution in [2.45, 2.75) is 19.9 Å². The van der Waals surface area contributed by atoms with E-state index in [-0.39, 0.29) is 18.8 Å².